The Bertz CT molecular complexity index is 538. The quantitative estimate of drug-likeness (QED) is 0.859. The summed E-state index contributed by atoms with van der Waals surface area (Å²) in [4.78, 5) is 16.6. The van der Waals surface area contributed by atoms with E-state index in [1.165, 1.54) is 16.7 Å². The molecule has 3 rings (SSSR count). The summed E-state index contributed by atoms with van der Waals surface area (Å²) in [5.74, 6) is 0.277. The molecular weight excluding hydrogens is 276 g/mol. The molecule has 1 unspecified atom stereocenters. The molecule has 1 aromatic rings. The second kappa shape index (κ2) is 6.80. The molecule has 22 heavy (non-hydrogen) atoms. The molecule has 4 heteroatoms. The van der Waals surface area contributed by atoms with Gasteiger partial charge in [0.15, 0.2) is 0 Å². The average Bonchev–Trinajstić information content (AvgIpc) is 3.02. The number of carbonyl (C=O) groups excluding carboxylic acids is 1. The maximum atomic E-state index is 12.3. The van der Waals surface area contributed by atoms with Gasteiger partial charge in [0.1, 0.15) is 0 Å². The highest BCUT2D eigenvalue weighted by molar-refractivity contribution is 5.78. The Morgan fingerprint density at radius 2 is 2.00 bits per heavy atom. The standard InChI is InChI=1S/C18H26N2O2/c1-14-5-6-16(15(2)11-14)17-12-19(9-10-22-17)13-18(21)20-7-3-4-8-20/h5-6,11,17H,3-4,7-10,12-13H2,1-2H3. The molecule has 0 spiro atoms. The van der Waals surface area contributed by atoms with Crippen LogP contribution in [0.3, 0.4) is 0 Å². The van der Waals surface area contributed by atoms with Gasteiger partial charge in [0.2, 0.25) is 5.91 Å². The molecular formula is C18H26N2O2. The molecule has 2 aliphatic rings. The molecule has 2 aliphatic heterocycles. The van der Waals surface area contributed by atoms with Crippen molar-refractivity contribution in [2.45, 2.75) is 32.8 Å². The number of morpholine rings is 1. The molecule has 2 saturated heterocycles. The van der Waals surface area contributed by atoms with Crippen LogP contribution in [0.15, 0.2) is 18.2 Å². The Hall–Kier alpha value is -1.39. The lowest BCUT2D eigenvalue weighted by atomic mass is 10.00. The van der Waals surface area contributed by atoms with Crippen LogP contribution in [-0.2, 0) is 9.53 Å². The lowest BCUT2D eigenvalue weighted by Crippen LogP contribution is -2.45. The molecule has 2 fully saturated rings. The minimum absolute atomic E-state index is 0.0840. The number of amides is 1. The van der Waals surface area contributed by atoms with E-state index in [4.69, 9.17) is 4.74 Å². The van der Waals surface area contributed by atoms with E-state index in [0.717, 1.165) is 39.0 Å². The van der Waals surface area contributed by atoms with Crippen molar-refractivity contribution in [1.29, 1.82) is 0 Å². The molecule has 0 saturated carbocycles. The largest absolute Gasteiger partial charge is 0.371 e. The van der Waals surface area contributed by atoms with Crippen molar-refractivity contribution in [3.8, 4) is 0 Å². The fraction of sp³-hybridized carbons (Fsp3) is 0.611. The maximum absolute atomic E-state index is 12.3. The number of nitrogens with zero attached hydrogens (tertiary/aromatic N) is 2. The summed E-state index contributed by atoms with van der Waals surface area (Å²) in [6.45, 7) is 9.01. The molecule has 1 atom stereocenters. The van der Waals surface area contributed by atoms with Gasteiger partial charge >= 0.3 is 0 Å². The third-order valence-electron chi connectivity index (χ3n) is 4.74. The minimum Gasteiger partial charge on any atom is -0.371 e. The number of likely N-dealkylation sites (tertiary alicyclic amines) is 1. The third-order valence-corrected chi connectivity index (χ3v) is 4.74. The van der Waals surface area contributed by atoms with E-state index in [9.17, 15) is 4.79 Å². The monoisotopic (exact) mass is 302 g/mol. The fourth-order valence-electron chi connectivity index (χ4n) is 3.48. The number of hydrogen-bond donors (Lipinski definition) is 0. The van der Waals surface area contributed by atoms with Crippen LogP contribution in [-0.4, -0.2) is 55.0 Å². The van der Waals surface area contributed by atoms with E-state index >= 15 is 0 Å². The van der Waals surface area contributed by atoms with Crippen molar-refractivity contribution in [2.75, 3.05) is 39.3 Å². The Kier molecular flexibility index (Phi) is 4.79. The SMILES string of the molecule is Cc1ccc(C2CN(CC(=O)N3CCCC3)CCO2)c(C)c1. The third kappa shape index (κ3) is 3.50. The lowest BCUT2D eigenvalue weighted by Gasteiger charge is -2.34. The molecule has 0 N–H and O–H groups in total. The highest BCUT2D eigenvalue weighted by Crippen LogP contribution is 2.26. The van der Waals surface area contributed by atoms with Crippen molar-refractivity contribution in [1.82, 2.24) is 9.80 Å². The number of ether oxygens (including phenoxy) is 1. The molecule has 0 bridgehead atoms. The minimum atomic E-state index is 0.0840. The average molecular weight is 302 g/mol. The highest BCUT2D eigenvalue weighted by Gasteiger charge is 2.26. The van der Waals surface area contributed by atoms with Crippen molar-refractivity contribution >= 4 is 5.91 Å². The van der Waals surface area contributed by atoms with Gasteiger partial charge in [-0.25, -0.2) is 0 Å². The van der Waals surface area contributed by atoms with E-state index in [1.54, 1.807) is 0 Å². The normalized spacial score (nSPS) is 23.0. The number of carbonyl (C=O) groups is 1. The summed E-state index contributed by atoms with van der Waals surface area (Å²) >= 11 is 0. The van der Waals surface area contributed by atoms with Gasteiger partial charge in [-0.3, -0.25) is 9.69 Å². The first kappa shape index (κ1) is 15.5. The van der Waals surface area contributed by atoms with E-state index in [0.29, 0.717) is 13.2 Å². The van der Waals surface area contributed by atoms with Gasteiger partial charge in [0.25, 0.3) is 0 Å². The zero-order chi connectivity index (χ0) is 15.5. The Balaban J connectivity index is 1.62. The fourth-order valence-corrected chi connectivity index (χ4v) is 3.48. The van der Waals surface area contributed by atoms with Gasteiger partial charge in [-0.15, -0.1) is 0 Å². The van der Waals surface area contributed by atoms with E-state index < -0.39 is 0 Å². The smallest absolute Gasteiger partial charge is 0.236 e. The summed E-state index contributed by atoms with van der Waals surface area (Å²) in [6.07, 6.45) is 2.39. The molecule has 1 aromatic carbocycles. The van der Waals surface area contributed by atoms with E-state index in [-0.39, 0.29) is 12.0 Å². The first-order valence-corrected chi connectivity index (χ1v) is 8.32. The molecule has 0 aromatic heterocycles. The number of benzene rings is 1. The second-order valence-corrected chi connectivity index (χ2v) is 6.54. The van der Waals surface area contributed by atoms with Crippen LogP contribution < -0.4 is 0 Å². The van der Waals surface area contributed by atoms with Crippen molar-refractivity contribution in [2.24, 2.45) is 0 Å². The number of hydrogen-bond acceptors (Lipinski definition) is 3. The zero-order valence-corrected chi connectivity index (χ0v) is 13.7. The predicted molar refractivity (Wildman–Crippen MR) is 86.9 cm³/mol. The van der Waals surface area contributed by atoms with Gasteiger partial charge in [-0.2, -0.15) is 0 Å². The van der Waals surface area contributed by atoms with Gasteiger partial charge < -0.3 is 9.64 Å². The summed E-state index contributed by atoms with van der Waals surface area (Å²) in [7, 11) is 0. The van der Waals surface area contributed by atoms with Crippen molar-refractivity contribution in [3.05, 3.63) is 34.9 Å². The van der Waals surface area contributed by atoms with Crippen LogP contribution in [0, 0.1) is 13.8 Å². The topological polar surface area (TPSA) is 32.8 Å². The Morgan fingerprint density at radius 1 is 1.23 bits per heavy atom. The van der Waals surface area contributed by atoms with Crippen LogP contribution in [0.2, 0.25) is 0 Å². The highest BCUT2D eigenvalue weighted by atomic mass is 16.5. The Labute approximate surface area is 133 Å². The predicted octanol–water partition coefficient (Wildman–Crippen LogP) is 2.30. The van der Waals surface area contributed by atoms with Gasteiger partial charge in [0.05, 0.1) is 19.3 Å². The summed E-state index contributed by atoms with van der Waals surface area (Å²) in [5.41, 5.74) is 3.81. The van der Waals surface area contributed by atoms with E-state index in [2.05, 4.69) is 36.9 Å². The molecule has 4 nitrogen and oxygen atoms in total. The van der Waals surface area contributed by atoms with Crippen LogP contribution in [0.1, 0.15) is 35.6 Å². The first-order chi connectivity index (χ1) is 10.6. The van der Waals surface area contributed by atoms with Crippen molar-refractivity contribution < 1.29 is 9.53 Å². The van der Waals surface area contributed by atoms with Crippen LogP contribution in [0.5, 0.6) is 0 Å². The number of aryl methyl sites for hydroxylation is 2. The van der Waals surface area contributed by atoms with Crippen LogP contribution in [0.25, 0.3) is 0 Å². The molecule has 0 radical (unpaired) electrons. The summed E-state index contributed by atoms with van der Waals surface area (Å²) < 4.78 is 5.96. The molecule has 2 heterocycles. The number of rotatable bonds is 3. The molecule has 1 amide bonds. The summed E-state index contributed by atoms with van der Waals surface area (Å²) in [5, 5.41) is 0. The van der Waals surface area contributed by atoms with Crippen LogP contribution >= 0.6 is 0 Å². The lowest BCUT2D eigenvalue weighted by molar-refractivity contribution is -0.133. The van der Waals surface area contributed by atoms with Gasteiger partial charge in [0, 0.05) is 26.2 Å². The van der Waals surface area contributed by atoms with Gasteiger partial charge in [-0.1, -0.05) is 23.8 Å². The molecule has 0 aliphatic carbocycles. The summed E-state index contributed by atoms with van der Waals surface area (Å²) in [6, 6.07) is 6.51. The second-order valence-electron chi connectivity index (χ2n) is 6.54. The Morgan fingerprint density at radius 3 is 2.73 bits per heavy atom. The zero-order valence-electron chi connectivity index (χ0n) is 13.7. The van der Waals surface area contributed by atoms with Crippen LogP contribution in [0.4, 0.5) is 0 Å². The van der Waals surface area contributed by atoms with E-state index in [1.807, 2.05) is 4.90 Å². The van der Waals surface area contributed by atoms with Gasteiger partial charge in [-0.05, 0) is 37.8 Å². The first-order valence-electron chi connectivity index (χ1n) is 8.32. The molecule has 120 valence electrons. The maximum Gasteiger partial charge on any atom is 0.236 e. The van der Waals surface area contributed by atoms with Crippen molar-refractivity contribution in [3.63, 3.8) is 0 Å².